The molecular weight excluding hydrogens is 332 g/mol. The molecule has 1 heterocycles. The maximum absolute atomic E-state index is 12.6. The van der Waals surface area contributed by atoms with Crippen LogP contribution in [-0.2, 0) is 10.0 Å². The van der Waals surface area contributed by atoms with Gasteiger partial charge >= 0.3 is 0 Å². The standard InChI is InChI=1S/C15H20N4O2S2/c1-12-7-9-19(10-8-12)23(20,21)14-5-3-13(4-6-14)18-15(22-2)17-11-16/h3-6,12H,7-10H2,1-2H3,(H,17,18). The van der Waals surface area contributed by atoms with E-state index in [4.69, 9.17) is 5.26 Å². The van der Waals surface area contributed by atoms with Crippen LogP contribution in [0.2, 0.25) is 0 Å². The molecule has 1 aliphatic heterocycles. The number of nitriles is 1. The Labute approximate surface area is 141 Å². The molecule has 8 heteroatoms. The third kappa shape index (κ3) is 4.47. The van der Waals surface area contributed by atoms with Gasteiger partial charge in [0.15, 0.2) is 11.4 Å². The Kier molecular flexibility index (Phi) is 6.04. The maximum atomic E-state index is 12.6. The number of aliphatic imine (C=N–C) groups is 1. The van der Waals surface area contributed by atoms with Crippen molar-refractivity contribution in [2.75, 3.05) is 19.3 Å². The van der Waals surface area contributed by atoms with Crippen LogP contribution in [0.1, 0.15) is 19.8 Å². The molecule has 0 aliphatic carbocycles. The van der Waals surface area contributed by atoms with Gasteiger partial charge in [0.1, 0.15) is 0 Å². The molecule has 0 bridgehead atoms. The fourth-order valence-corrected chi connectivity index (χ4v) is 4.17. The lowest BCUT2D eigenvalue weighted by Crippen LogP contribution is -2.37. The quantitative estimate of drug-likeness (QED) is 0.391. The molecule has 0 unspecified atom stereocenters. The number of piperidine rings is 1. The second-order valence-electron chi connectivity index (χ2n) is 5.44. The number of sulfonamides is 1. The van der Waals surface area contributed by atoms with E-state index in [9.17, 15) is 8.42 Å². The van der Waals surface area contributed by atoms with Crippen LogP contribution in [0.4, 0.5) is 5.69 Å². The van der Waals surface area contributed by atoms with Gasteiger partial charge < -0.3 is 0 Å². The van der Waals surface area contributed by atoms with Crippen molar-refractivity contribution in [3.8, 4) is 6.19 Å². The lowest BCUT2D eigenvalue weighted by Gasteiger charge is -2.29. The van der Waals surface area contributed by atoms with Gasteiger partial charge in [-0.25, -0.2) is 13.4 Å². The highest BCUT2D eigenvalue weighted by Crippen LogP contribution is 2.25. The topological polar surface area (TPSA) is 85.6 Å². The van der Waals surface area contributed by atoms with E-state index >= 15 is 0 Å². The summed E-state index contributed by atoms with van der Waals surface area (Å²) in [6.07, 6.45) is 5.42. The molecule has 1 aromatic rings. The molecule has 23 heavy (non-hydrogen) atoms. The van der Waals surface area contributed by atoms with Gasteiger partial charge in [0, 0.05) is 13.1 Å². The average molecular weight is 352 g/mol. The minimum atomic E-state index is -3.43. The van der Waals surface area contributed by atoms with E-state index in [1.807, 2.05) is 6.19 Å². The highest BCUT2D eigenvalue weighted by atomic mass is 32.2. The summed E-state index contributed by atoms with van der Waals surface area (Å²) in [5.41, 5.74) is 0.600. The second kappa shape index (κ2) is 7.81. The molecule has 1 aromatic carbocycles. The van der Waals surface area contributed by atoms with Crippen molar-refractivity contribution in [2.45, 2.75) is 24.7 Å². The fraction of sp³-hybridized carbons (Fsp3) is 0.467. The number of rotatable bonds is 3. The van der Waals surface area contributed by atoms with Crippen molar-refractivity contribution in [1.29, 1.82) is 5.26 Å². The summed E-state index contributed by atoms with van der Waals surface area (Å²) in [7, 11) is -3.43. The summed E-state index contributed by atoms with van der Waals surface area (Å²) < 4.78 is 26.8. The summed E-state index contributed by atoms with van der Waals surface area (Å²) in [4.78, 5) is 4.53. The molecule has 1 fully saturated rings. The first-order valence-electron chi connectivity index (χ1n) is 7.35. The molecule has 0 amide bonds. The van der Waals surface area contributed by atoms with Gasteiger partial charge in [-0.3, -0.25) is 5.32 Å². The van der Waals surface area contributed by atoms with E-state index in [-0.39, 0.29) is 4.90 Å². The highest BCUT2D eigenvalue weighted by Gasteiger charge is 2.27. The molecule has 0 aromatic heterocycles. The van der Waals surface area contributed by atoms with E-state index in [2.05, 4.69) is 17.2 Å². The zero-order chi connectivity index (χ0) is 16.9. The summed E-state index contributed by atoms with van der Waals surface area (Å²) in [5, 5.41) is 11.6. The highest BCUT2D eigenvalue weighted by molar-refractivity contribution is 8.13. The van der Waals surface area contributed by atoms with E-state index in [1.54, 1.807) is 34.8 Å². The summed E-state index contributed by atoms with van der Waals surface area (Å²) in [6.45, 7) is 3.30. The monoisotopic (exact) mass is 352 g/mol. The Morgan fingerprint density at radius 2 is 1.96 bits per heavy atom. The summed E-state index contributed by atoms with van der Waals surface area (Å²) in [5.74, 6) is 0.579. The van der Waals surface area contributed by atoms with E-state index < -0.39 is 10.0 Å². The molecule has 0 spiro atoms. The SMILES string of the molecule is CSC(=Nc1ccc(S(=O)(=O)N2CCC(C)CC2)cc1)NC#N. The Morgan fingerprint density at radius 1 is 1.35 bits per heavy atom. The van der Waals surface area contributed by atoms with Gasteiger partial charge in [0.05, 0.1) is 10.6 Å². The minimum Gasteiger partial charge on any atom is -0.271 e. The van der Waals surface area contributed by atoms with Crippen LogP contribution in [-0.4, -0.2) is 37.2 Å². The van der Waals surface area contributed by atoms with E-state index in [0.717, 1.165) is 12.8 Å². The molecule has 0 atom stereocenters. The average Bonchev–Trinajstić information content (AvgIpc) is 2.55. The number of hydrogen-bond acceptors (Lipinski definition) is 5. The third-order valence-corrected chi connectivity index (χ3v) is 6.30. The Hall–Kier alpha value is -1.56. The predicted octanol–water partition coefficient (Wildman–Crippen LogP) is 2.53. The number of nitrogens with one attached hydrogen (secondary N) is 1. The van der Waals surface area contributed by atoms with Gasteiger partial charge in [0.25, 0.3) is 0 Å². The van der Waals surface area contributed by atoms with Crippen molar-refractivity contribution in [3.05, 3.63) is 24.3 Å². The Balaban J connectivity index is 2.17. The van der Waals surface area contributed by atoms with Gasteiger partial charge in [0.2, 0.25) is 10.0 Å². The van der Waals surface area contributed by atoms with Crippen molar-refractivity contribution in [2.24, 2.45) is 10.9 Å². The first kappa shape index (κ1) is 17.8. The molecule has 124 valence electrons. The summed E-state index contributed by atoms with van der Waals surface area (Å²) >= 11 is 1.31. The van der Waals surface area contributed by atoms with Crippen LogP contribution in [0.15, 0.2) is 34.2 Å². The third-order valence-electron chi connectivity index (χ3n) is 3.80. The van der Waals surface area contributed by atoms with Crippen LogP contribution in [0.3, 0.4) is 0 Å². The zero-order valence-corrected chi connectivity index (χ0v) is 14.8. The molecule has 1 N–H and O–H groups in total. The molecule has 1 aliphatic rings. The van der Waals surface area contributed by atoms with Crippen LogP contribution in [0.5, 0.6) is 0 Å². The fourth-order valence-electron chi connectivity index (χ4n) is 2.36. The molecule has 0 saturated carbocycles. The molecule has 2 rings (SSSR count). The predicted molar refractivity (Wildman–Crippen MR) is 93.0 cm³/mol. The van der Waals surface area contributed by atoms with Crippen molar-refractivity contribution in [1.82, 2.24) is 9.62 Å². The first-order valence-corrected chi connectivity index (χ1v) is 10.0. The van der Waals surface area contributed by atoms with Gasteiger partial charge in [-0.05, 0) is 49.3 Å². The van der Waals surface area contributed by atoms with Crippen LogP contribution in [0.25, 0.3) is 0 Å². The number of nitrogens with zero attached hydrogens (tertiary/aromatic N) is 3. The van der Waals surface area contributed by atoms with Crippen LogP contribution < -0.4 is 5.32 Å². The van der Waals surface area contributed by atoms with Crippen LogP contribution in [0, 0.1) is 17.4 Å². The smallest absolute Gasteiger partial charge is 0.243 e. The van der Waals surface area contributed by atoms with Crippen molar-refractivity contribution in [3.63, 3.8) is 0 Å². The van der Waals surface area contributed by atoms with Gasteiger partial charge in [-0.2, -0.15) is 9.57 Å². The normalized spacial score (nSPS) is 17.7. The summed E-state index contributed by atoms with van der Waals surface area (Å²) in [6, 6.07) is 6.43. The number of hydrogen-bond donors (Lipinski definition) is 1. The van der Waals surface area contributed by atoms with E-state index in [1.165, 1.54) is 11.8 Å². The largest absolute Gasteiger partial charge is 0.271 e. The molecule has 6 nitrogen and oxygen atoms in total. The van der Waals surface area contributed by atoms with Crippen molar-refractivity contribution >= 4 is 32.6 Å². The van der Waals surface area contributed by atoms with E-state index in [0.29, 0.717) is 29.9 Å². The van der Waals surface area contributed by atoms with Gasteiger partial charge in [-0.15, -0.1) is 0 Å². The molecule has 0 radical (unpaired) electrons. The van der Waals surface area contributed by atoms with Crippen molar-refractivity contribution < 1.29 is 8.42 Å². The first-order chi connectivity index (χ1) is 11.0. The molecular formula is C15H20N4O2S2. The Bertz CT molecular complexity index is 700. The second-order valence-corrected chi connectivity index (χ2v) is 8.17. The molecule has 1 saturated heterocycles. The zero-order valence-electron chi connectivity index (χ0n) is 13.2. The lowest BCUT2D eigenvalue weighted by atomic mass is 10.0. The van der Waals surface area contributed by atoms with Crippen LogP contribution >= 0.6 is 11.8 Å². The minimum absolute atomic E-state index is 0.282. The number of benzene rings is 1. The maximum Gasteiger partial charge on any atom is 0.243 e. The number of thioether (sulfide) groups is 1. The Morgan fingerprint density at radius 3 is 2.48 bits per heavy atom. The lowest BCUT2D eigenvalue weighted by molar-refractivity contribution is 0.288. The van der Waals surface area contributed by atoms with Gasteiger partial charge in [-0.1, -0.05) is 18.7 Å². The number of amidine groups is 1.